The quantitative estimate of drug-likeness (QED) is 0.251. The number of nitro benzene ring substituents is 1. The number of carbonyl (C=O) groups excluding carboxylic acids is 1. The molecule has 0 radical (unpaired) electrons. The number of carbonyl (C=O) groups is 1. The molecule has 1 N–H and O–H groups in total. The molecule has 0 fully saturated rings. The predicted octanol–water partition coefficient (Wildman–Crippen LogP) is 4.97. The number of aromatic nitrogens is 2. The van der Waals surface area contributed by atoms with Crippen molar-refractivity contribution in [2.45, 2.75) is 39.2 Å². The average Bonchev–Trinajstić information content (AvgIpc) is 3.13. The number of anilines is 1. The van der Waals surface area contributed by atoms with Gasteiger partial charge in [0, 0.05) is 11.8 Å². The lowest BCUT2D eigenvalue weighted by Crippen LogP contribution is -2.29. The number of imidazole rings is 1. The first-order chi connectivity index (χ1) is 15.0. The second-order valence-corrected chi connectivity index (χ2v) is 7.52. The highest BCUT2D eigenvalue weighted by Gasteiger charge is 2.38. The van der Waals surface area contributed by atoms with Crippen LogP contribution < -0.4 is 5.32 Å². The Labute approximate surface area is 179 Å². The van der Waals surface area contributed by atoms with Gasteiger partial charge in [-0.25, -0.2) is 9.78 Å². The van der Waals surface area contributed by atoms with Crippen molar-refractivity contribution in [2.75, 3.05) is 11.9 Å². The highest BCUT2D eigenvalue weighted by atomic mass is 16.6. The van der Waals surface area contributed by atoms with E-state index in [0.717, 1.165) is 30.3 Å². The van der Waals surface area contributed by atoms with E-state index in [2.05, 4.69) is 17.2 Å². The van der Waals surface area contributed by atoms with Gasteiger partial charge >= 0.3 is 5.97 Å². The Kier molecular flexibility index (Phi) is 5.70. The number of esters is 1. The number of nitro groups is 1. The summed E-state index contributed by atoms with van der Waals surface area (Å²) in [4.78, 5) is 29.2. The van der Waals surface area contributed by atoms with Crippen molar-refractivity contribution in [3.8, 4) is 0 Å². The lowest BCUT2D eigenvalue weighted by atomic mass is 9.93. The summed E-state index contributed by atoms with van der Waals surface area (Å²) in [6.45, 7) is 4.16. The van der Waals surface area contributed by atoms with Crippen molar-refractivity contribution in [1.82, 2.24) is 9.55 Å². The first-order valence-electron chi connectivity index (χ1n) is 10.4. The first-order valence-corrected chi connectivity index (χ1v) is 10.4. The van der Waals surface area contributed by atoms with E-state index in [0.29, 0.717) is 29.4 Å². The number of hydrogen-bond acceptors (Lipinski definition) is 6. The monoisotopic (exact) mass is 420 g/mol. The molecule has 2 heterocycles. The van der Waals surface area contributed by atoms with Crippen LogP contribution >= 0.6 is 0 Å². The van der Waals surface area contributed by atoms with Crippen LogP contribution in [-0.2, 0) is 9.53 Å². The van der Waals surface area contributed by atoms with Crippen LogP contribution in [0.4, 0.5) is 11.6 Å². The van der Waals surface area contributed by atoms with Crippen LogP contribution in [0.2, 0.25) is 0 Å². The van der Waals surface area contributed by atoms with E-state index in [-0.39, 0.29) is 5.69 Å². The number of allylic oxidation sites excluding steroid dienone is 1. The normalized spacial score (nSPS) is 15.5. The molecule has 0 aliphatic carbocycles. The Hall–Kier alpha value is -3.68. The molecule has 160 valence electrons. The van der Waals surface area contributed by atoms with Gasteiger partial charge in [0.15, 0.2) is 0 Å². The zero-order valence-corrected chi connectivity index (χ0v) is 17.5. The second-order valence-electron chi connectivity index (χ2n) is 7.52. The number of ether oxygens (including phenoxy) is 1. The van der Waals surface area contributed by atoms with Crippen molar-refractivity contribution in [2.24, 2.45) is 0 Å². The molecule has 4 rings (SSSR count). The molecule has 8 heteroatoms. The number of rotatable bonds is 7. The van der Waals surface area contributed by atoms with E-state index < -0.39 is 16.9 Å². The Morgan fingerprint density at radius 1 is 1.19 bits per heavy atom. The van der Waals surface area contributed by atoms with Crippen molar-refractivity contribution in [3.05, 3.63) is 75.5 Å². The number of fused-ring (bicyclic) bond motifs is 3. The van der Waals surface area contributed by atoms with Gasteiger partial charge in [-0.05, 0) is 31.5 Å². The zero-order valence-electron chi connectivity index (χ0n) is 17.5. The van der Waals surface area contributed by atoms with Crippen LogP contribution in [0.5, 0.6) is 0 Å². The molecule has 0 unspecified atom stereocenters. The van der Waals surface area contributed by atoms with Gasteiger partial charge in [-0.3, -0.25) is 14.7 Å². The lowest BCUT2D eigenvalue weighted by molar-refractivity contribution is -0.385. The van der Waals surface area contributed by atoms with Crippen molar-refractivity contribution < 1.29 is 14.5 Å². The van der Waals surface area contributed by atoms with E-state index >= 15 is 0 Å². The second kappa shape index (κ2) is 8.59. The summed E-state index contributed by atoms with van der Waals surface area (Å²) >= 11 is 0. The van der Waals surface area contributed by atoms with Crippen LogP contribution in [0.25, 0.3) is 11.0 Å². The molecule has 0 bridgehead atoms. The van der Waals surface area contributed by atoms with Crippen molar-refractivity contribution in [1.29, 1.82) is 0 Å². The van der Waals surface area contributed by atoms with Gasteiger partial charge in [-0.15, -0.1) is 0 Å². The molecule has 2 aromatic carbocycles. The Bertz CT molecular complexity index is 1180. The number of benzene rings is 2. The van der Waals surface area contributed by atoms with E-state index in [9.17, 15) is 14.9 Å². The summed E-state index contributed by atoms with van der Waals surface area (Å²) in [6, 6.07) is 13.3. The van der Waals surface area contributed by atoms with Gasteiger partial charge in [0.25, 0.3) is 5.69 Å². The molecule has 31 heavy (non-hydrogen) atoms. The van der Waals surface area contributed by atoms with Crippen LogP contribution in [-0.4, -0.2) is 27.1 Å². The molecule has 1 aliphatic rings. The molecule has 0 saturated carbocycles. The minimum absolute atomic E-state index is 0.0535. The fourth-order valence-corrected chi connectivity index (χ4v) is 4.00. The molecular formula is C23H24N4O4. The largest absolute Gasteiger partial charge is 0.462 e. The Morgan fingerprint density at radius 3 is 2.71 bits per heavy atom. The smallest absolute Gasteiger partial charge is 0.338 e. The minimum Gasteiger partial charge on any atom is -0.462 e. The van der Waals surface area contributed by atoms with E-state index in [1.54, 1.807) is 25.1 Å². The summed E-state index contributed by atoms with van der Waals surface area (Å²) in [5.74, 6) is 0.0528. The van der Waals surface area contributed by atoms with Crippen molar-refractivity contribution in [3.63, 3.8) is 0 Å². The summed E-state index contributed by atoms with van der Waals surface area (Å²) in [6.07, 6.45) is 2.76. The molecule has 1 atom stereocenters. The zero-order chi connectivity index (χ0) is 22.0. The van der Waals surface area contributed by atoms with Gasteiger partial charge in [-0.1, -0.05) is 44.0 Å². The highest BCUT2D eigenvalue weighted by Crippen LogP contribution is 2.42. The van der Waals surface area contributed by atoms with E-state index in [1.165, 1.54) is 6.07 Å². The third-order valence-corrected chi connectivity index (χ3v) is 5.46. The SMILES string of the molecule is CCCCCOC(=O)C1=C(C)Nc2nc3ccccc3n2[C@@H]1c1ccccc1[N+](=O)[O-]. The fraction of sp³-hybridized carbons (Fsp3) is 0.304. The topological polar surface area (TPSA) is 99.3 Å². The van der Waals surface area contributed by atoms with Gasteiger partial charge in [0.05, 0.1) is 33.7 Å². The van der Waals surface area contributed by atoms with Crippen LogP contribution in [0.15, 0.2) is 59.8 Å². The van der Waals surface area contributed by atoms with Crippen LogP contribution in [0.3, 0.4) is 0 Å². The molecule has 0 spiro atoms. The average molecular weight is 420 g/mol. The fourth-order valence-electron chi connectivity index (χ4n) is 4.00. The lowest BCUT2D eigenvalue weighted by Gasteiger charge is -2.30. The third-order valence-electron chi connectivity index (χ3n) is 5.46. The molecule has 0 amide bonds. The number of nitrogens with zero attached hydrogens (tertiary/aromatic N) is 3. The minimum atomic E-state index is -0.732. The third kappa shape index (κ3) is 3.76. The van der Waals surface area contributed by atoms with Crippen LogP contribution in [0, 0.1) is 10.1 Å². The molecule has 3 aromatic rings. The summed E-state index contributed by atoms with van der Waals surface area (Å²) in [5.41, 5.74) is 2.80. The standard InChI is InChI=1S/C23H24N4O4/c1-3-4-9-14-31-22(28)20-15(2)24-23-25-17-11-6-8-13-19(17)26(23)21(20)16-10-5-7-12-18(16)27(29)30/h5-8,10-13,21H,3-4,9,14H2,1-2H3,(H,24,25)/t21-/m1/s1. The van der Waals surface area contributed by atoms with Gasteiger partial charge in [0.1, 0.15) is 6.04 Å². The maximum absolute atomic E-state index is 13.2. The molecule has 1 aromatic heterocycles. The van der Waals surface area contributed by atoms with Crippen molar-refractivity contribution >= 4 is 28.6 Å². The number of unbranched alkanes of at least 4 members (excludes halogenated alkanes) is 2. The van der Waals surface area contributed by atoms with E-state index in [1.807, 2.05) is 28.8 Å². The molecule has 8 nitrogen and oxygen atoms in total. The first kappa shape index (κ1) is 20.6. The number of hydrogen-bond donors (Lipinski definition) is 1. The molecule has 1 aliphatic heterocycles. The van der Waals surface area contributed by atoms with Gasteiger partial charge < -0.3 is 10.1 Å². The predicted molar refractivity (Wildman–Crippen MR) is 118 cm³/mol. The maximum Gasteiger partial charge on any atom is 0.338 e. The maximum atomic E-state index is 13.2. The van der Waals surface area contributed by atoms with Crippen LogP contribution in [0.1, 0.15) is 44.7 Å². The number of para-hydroxylation sites is 3. The summed E-state index contributed by atoms with van der Waals surface area (Å²) in [7, 11) is 0. The molecule has 0 saturated heterocycles. The van der Waals surface area contributed by atoms with Gasteiger partial charge in [0.2, 0.25) is 5.95 Å². The van der Waals surface area contributed by atoms with Gasteiger partial charge in [-0.2, -0.15) is 0 Å². The highest BCUT2D eigenvalue weighted by molar-refractivity contribution is 5.94. The summed E-state index contributed by atoms with van der Waals surface area (Å²) < 4.78 is 7.41. The summed E-state index contributed by atoms with van der Waals surface area (Å²) in [5, 5.41) is 15.0. The molecular weight excluding hydrogens is 396 g/mol. The van der Waals surface area contributed by atoms with E-state index in [4.69, 9.17) is 4.74 Å². The number of nitrogens with one attached hydrogen (secondary N) is 1. The Balaban J connectivity index is 1.88. The Morgan fingerprint density at radius 2 is 1.94 bits per heavy atom.